The second kappa shape index (κ2) is 6.98. The summed E-state index contributed by atoms with van der Waals surface area (Å²) in [5.41, 5.74) is 0. The Morgan fingerprint density at radius 2 is 2.38 bits per heavy atom. The minimum absolute atomic E-state index is 0.126. The van der Waals surface area contributed by atoms with Gasteiger partial charge in [0, 0.05) is 19.5 Å². The van der Waals surface area contributed by atoms with Crippen LogP contribution in [-0.2, 0) is 22.5 Å². The number of imidazole rings is 1. The molecule has 1 N–H and O–H groups in total. The van der Waals surface area contributed by atoms with Gasteiger partial charge in [0.05, 0.1) is 19.6 Å². The topological polar surface area (TPSA) is 95.1 Å². The van der Waals surface area contributed by atoms with E-state index in [0.29, 0.717) is 24.7 Å². The quantitative estimate of drug-likeness (QED) is 0.805. The van der Waals surface area contributed by atoms with Crippen LogP contribution in [0.1, 0.15) is 30.5 Å². The number of aryl methyl sites for hydroxylation is 1. The molecule has 8 nitrogen and oxygen atoms in total. The van der Waals surface area contributed by atoms with Gasteiger partial charge in [0.25, 0.3) is 0 Å². The predicted molar refractivity (Wildman–Crippen MR) is 73.4 cm³/mol. The second-order valence-corrected chi connectivity index (χ2v) is 4.62. The van der Waals surface area contributed by atoms with Gasteiger partial charge in [-0.05, 0) is 13.8 Å². The number of carbonyl (C=O) groups excluding carboxylic acids is 1. The molecule has 0 unspecified atom stereocenters. The van der Waals surface area contributed by atoms with Crippen molar-refractivity contribution in [3.8, 4) is 0 Å². The number of rotatable bonds is 7. The van der Waals surface area contributed by atoms with Crippen LogP contribution in [0.25, 0.3) is 0 Å². The predicted octanol–water partition coefficient (Wildman–Crippen LogP) is 0.641. The van der Waals surface area contributed by atoms with Crippen LogP contribution in [0.5, 0.6) is 0 Å². The fraction of sp³-hybridized carbons (Fsp3) is 0.538. The number of carbonyl (C=O) groups is 1. The average molecular weight is 293 g/mol. The lowest BCUT2D eigenvalue weighted by Gasteiger charge is -2.14. The highest BCUT2D eigenvalue weighted by Crippen LogP contribution is 2.08. The molecule has 0 bridgehead atoms. The van der Waals surface area contributed by atoms with Crippen LogP contribution >= 0.6 is 0 Å². The number of hydrogen-bond donors (Lipinski definition) is 1. The molecule has 0 aliphatic carbocycles. The maximum absolute atomic E-state index is 12.1. The summed E-state index contributed by atoms with van der Waals surface area (Å²) in [6.45, 7) is 4.41. The molecule has 1 atom stereocenters. The van der Waals surface area contributed by atoms with Gasteiger partial charge in [-0.2, -0.15) is 4.98 Å². The first-order chi connectivity index (χ1) is 10.1. The van der Waals surface area contributed by atoms with Gasteiger partial charge in [0.1, 0.15) is 11.9 Å². The summed E-state index contributed by atoms with van der Waals surface area (Å²) in [6.07, 6.45) is 4.00. The Balaban J connectivity index is 1.86. The minimum atomic E-state index is -0.340. The normalized spacial score (nSPS) is 12.3. The van der Waals surface area contributed by atoms with E-state index in [-0.39, 0.29) is 18.5 Å². The van der Waals surface area contributed by atoms with Crippen molar-refractivity contribution in [3.05, 3.63) is 29.9 Å². The van der Waals surface area contributed by atoms with Crippen molar-refractivity contribution in [2.24, 2.45) is 0 Å². The molecular weight excluding hydrogens is 274 g/mol. The molecular formula is C13H19N5O3. The van der Waals surface area contributed by atoms with Gasteiger partial charge in [-0.15, -0.1) is 0 Å². The SMILES string of the molecule is COCCc1nc(CNC(=O)[C@H](C)n2ccnc2C)no1. The highest BCUT2D eigenvalue weighted by molar-refractivity contribution is 5.79. The Bertz CT molecular complexity index is 592. The Morgan fingerprint density at radius 1 is 1.57 bits per heavy atom. The van der Waals surface area contributed by atoms with E-state index >= 15 is 0 Å². The molecule has 0 radical (unpaired) electrons. The van der Waals surface area contributed by atoms with Crippen LogP contribution in [0.3, 0.4) is 0 Å². The number of hydrogen-bond acceptors (Lipinski definition) is 6. The van der Waals surface area contributed by atoms with Crippen LogP contribution < -0.4 is 5.32 Å². The molecule has 0 fully saturated rings. The molecule has 1 amide bonds. The molecule has 0 saturated carbocycles. The molecule has 0 aliphatic heterocycles. The first kappa shape index (κ1) is 15.2. The average Bonchev–Trinajstić information content (AvgIpc) is 3.10. The van der Waals surface area contributed by atoms with E-state index in [0.717, 1.165) is 5.82 Å². The minimum Gasteiger partial charge on any atom is -0.384 e. The second-order valence-electron chi connectivity index (χ2n) is 4.62. The lowest BCUT2D eigenvalue weighted by molar-refractivity contribution is -0.124. The zero-order chi connectivity index (χ0) is 15.2. The molecule has 114 valence electrons. The van der Waals surface area contributed by atoms with Gasteiger partial charge in [0.2, 0.25) is 11.8 Å². The summed E-state index contributed by atoms with van der Waals surface area (Å²) in [6, 6.07) is -0.340. The lowest BCUT2D eigenvalue weighted by Crippen LogP contribution is -2.31. The molecule has 2 aromatic heterocycles. The van der Waals surface area contributed by atoms with Crippen molar-refractivity contribution in [1.82, 2.24) is 25.0 Å². The summed E-state index contributed by atoms with van der Waals surface area (Å²) in [5, 5.41) is 6.58. The number of aromatic nitrogens is 4. The Kier molecular flexibility index (Phi) is 5.04. The van der Waals surface area contributed by atoms with E-state index in [1.54, 1.807) is 24.1 Å². The fourth-order valence-corrected chi connectivity index (χ4v) is 1.89. The first-order valence-corrected chi connectivity index (χ1v) is 6.69. The third-order valence-electron chi connectivity index (χ3n) is 3.11. The van der Waals surface area contributed by atoms with Gasteiger partial charge < -0.3 is 19.1 Å². The molecule has 21 heavy (non-hydrogen) atoms. The molecule has 0 saturated heterocycles. The molecule has 8 heteroatoms. The van der Waals surface area contributed by atoms with Crippen molar-refractivity contribution in [2.45, 2.75) is 32.9 Å². The summed E-state index contributed by atoms with van der Waals surface area (Å²) in [4.78, 5) is 20.3. The molecule has 2 rings (SSSR count). The van der Waals surface area contributed by atoms with Gasteiger partial charge in [-0.3, -0.25) is 4.79 Å². The van der Waals surface area contributed by atoms with E-state index in [1.165, 1.54) is 0 Å². The van der Waals surface area contributed by atoms with Crippen LogP contribution in [-0.4, -0.2) is 39.3 Å². The number of amides is 1. The van der Waals surface area contributed by atoms with Crippen molar-refractivity contribution in [3.63, 3.8) is 0 Å². The number of nitrogens with one attached hydrogen (secondary N) is 1. The summed E-state index contributed by atoms with van der Waals surface area (Å²) >= 11 is 0. The van der Waals surface area contributed by atoms with Crippen LogP contribution in [0, 0.1) is 6.92 Å². The van der Waals surface area contributed by atoms with Crippen molar-refractivity contribution in [1.29, 1.82) is 0 Å². The molecule has 2 aromatic rings. The zero-order valence-corrected chi connectivity index (χ0v) is 12.4. The fourth-order valence-electron chi connectivity index (χ4n) is 1.89. The smallest absolute Gasteiger partial charge is 0.243 e. The summed E-state index contributed by atoms with van der Waals surface area (Å²) in [7, 11) is 1.61. The van der Waals surface area contributed by atoms with Crippen LogP contribution in [0.4, 0.5) is 0 Å². The van der Waals surface area contributed by atoms with E-state index < -0.39 is 0 Å². The summed E-state index contributed by atoms with van der Waals surface area (Å²) < 4.78 is 11.8. The zero-order valence-electron chi connectivity index (χ0n) is 12.4. The Labute approximate surface area is 122 Å². The Hall–Kier alpha value is -2.22. The van der Waals surface area contributed by atoms with Gasteiger partial charge in [0.15, 0.2) is 5.82 Å². The third-order valence-corrected chi connectivity index (χ3v) is 3.11. The standard InChI is InChI=1S/C13H19N5O3/c1-9(18-6-5-14-10(18)2)13(19)15-8-11-16-12(21-17-11)4-7-20-3/h5-6,9H,4,7-8H2,1-3H3,(H,15,19)/t9-/m0/s1. The lowest BCUT2D eigenvalue weighted by atomic mass is 10.3. The highest BCUT2D eigenvalue weighted by Gasteiger charge is 2.16. The van der Waals surface area contributed by atoms with Crippen molar-refractivity contribution < 1.29 is 14.1 Å². The van der Waals surface area contributed by atoms with E-state index in [2.05, 4.69) is 20.4 Å². The molecule has 0 aliphatic rings. The number of methoxy groups -OCH3 is 1. The molecule has 0 spiro atoms. The van der Waals surface area contributed by atoms with Crippen molar-refractivity contribution in [2.75, 3.05) is 13.7 Å². The van der Waals surface area contributed by atoms with Crippen molar-refractivity contribution >= 4 is 5.91 Å². The maximum atomic E-state index is 12.1. The largest absolute Gasteiger partial charge is 0.384 e. The van der Waals surface area contributed by atoms with E-state index in [9.17, 15) is 4.79 Å². The van der Waals surface area contributed by atoms with Crippen LogP contribution in [0.2, 0.25) is 0 Å². The molecule has 0 aromatic carbocycles. The van der Waals surface area contributed by atoms with E-state index in [1.807, 2.05) is 13.8 Å². The van der Waals surface area contributed by atoms with Gasteiger partial charge >= 0.3 is 0 Å². The highest BCUT2D eigenvalue weighted by atomic mass is 16.5. The maximum Gasteiger partial charge on any atom is 0.243 e. The summed E-state index contributed by atoms with van der Waals surface area (Å²) in [5.74, 6) is 1.61. The van der Waals surface area contributed by atoms with Gasteiger partial charge in [-0.25, -0.2) is 4.98 Å². The van der Waals surface area contributed by atoms with Crippen LogP contribution in [0.15, 0.2) is 16.9 Å². The van der Waals surface area contributed by atoms with Gasteiger partial charge in [-0.1, -0.05) is 5.16 Å². The molecule has 2 heterocycles. The monoisotopic (exact) mass is 293 g/mol. The number of nitrogens with zero attached hydrogens (tertiary/aromatic N) is 4. The Morgan fingerprint density at radius 3 is 3.05 bits per heavy atom. The number of ether oxygens (including phenoxy) is 1. The third kappa shape index (κ3) is 3.88. The van der Waals surface area contributed by atoms with E-state index in [4.69, 9.17) is 9.26 Å². The first-order valence-electron chi connectivity index (χ1n) is 6.69.